The number of hydrogen-bond donors (Lipinski definition) is 1. The highest BCUT2D eigenvalue weighted by Crippen LogP contribution is 2.36. The van der Waals surface area contributed by atoms with Gasteiger partial charge >= 0.3 is 0 Å². The van der Waals surface area contributed by atoms with Crippen LogP contribution >= 0.6 is 0 Å². The monoisotopic (exact) mass is 258 g/mol. The van der Waals surface area contributed by atoms with Gasteiger partial charge in [0.05, 0.1) is 0 Å². The molecule has 1 heterocycles. The zero-order valence-corrected chi connectivity index (χ0v) is 12.0. The normalized spacial score (nSPS) is 25.4. The number of para-hydroxylation sites is 1. The molecule has 0 radical (unpaired) electrons. The topological polar surface area (TPSA) is 29.3 Å². The van der Waals surface area contributed by atoms with Crippen molar-refractivity contribution in [1.82, 2.24) is 0 Å². The SMILES string of the molecule is CC1Cc2ccccc2N(C(CN)C2CCCC2)C1. The second-order valence-electron chi connectivity index (χ2n) is 6.44. The molecule has 2 nitrogen and oxygen atoms in total. The molecule has 2 unspecified atom stereocenters. The predicted octanol–water partition coefficient (Wildman–Crippen LogP) is 3.20. The summed E-state index contributed by atoms with van der Waals surface area (Å²) in [5, 5.41) is 0. The number of rotatable bonds is 3. The molecule has 0 spiro atoms. The lowest BCUT2D eigenvalue weighted by molar-refractivity contribution is 0.379. The lowest BCUT2D eigenvalue weighted by Gasteiger charge is -2.42. The van der Waals surface area contributed by atoms with E-state index in [2.05, 4.69) is 36.1 Å². The molecule has 2 aliphatic rings. The van der Waals surface area contributed by atoms with Gasteiger partial charge in [0, 0.05) is 24.8 Å². The summed E-state index contributed by atoms with van der Waals surface area (Å²) in [6.45, 7) is 4.34. The Bertz CT molecular complexity index is 423. The second-order valence-corrected chi connectivity index (χ2v) is 6.44. The highest BCUT2D eigenvalue weighted by molar-refractivity contribution is 5.56. The number of fused-ring (bicyclic) bond motifs is 1. The molecule has 1 saturated carbocycles. The van der Waals surface area contributed by atoms with Crippen molar-refractivity contribution in [3.8, 4) is 0 Å². The number of benzene rings is 1. The molecule has 1 aliphatic carbocycles. The standard InChI is InChI=1S/C17H26N2/c1-13-10-15-8-4-5-9-16(15)19(12-13)17(11-18)14-6-2-3-7-14/h4-5,8-9,13-14,17H,2-3,6-7,10-12,18H2,1H3. The maximum Gasteiger partial charge on any atom is 0.0440 e. The van der Waals surface area contributed by atoms with E-state index in [4.69, 9.17) is 5.73 Å². The molecular weight excluding hydrogens is 232 g/mol. The molecule has 1 aromatic rings. The van der Waals surface area contributed by atoms with Gasteiger partial charge in [-0.2, -0.15) is 0 Å². The van der Waals surface area contributed by atoms with E-state index in [1.807, 2.05) is 0 Å². The molecule has 2 heteroatoms. The zero-order chi connectivity index (χ0) is 13.2. The Balaban J connectivity index is 1.90. The van der Waals surface area contributed by atoms with Crippen molar-refractivity contribution in [1.29, 1.82) is 0 Å². The summed E-state index contributed by atoms with van der Waals surface area (Å²) in [5.74, 6) is 1.55. The summed E-state index contributed by atoms with van der Waals surface area (Å²) in [6, 6.07) is 9.47. The summed E-state index contributed by atoms with van der Waals surface area (Å²) >= 11 is 0. The predicted molar refractivity (Wildman–Crippen MR) is 81.5 cm³/mol. The van der Waals surface area contributed by atoms with Crippen LogP contribution in [0.2, 0.25) is 0 Å². The van der Waals surface area contributed by atoms with Crippen molar-refractivity contribution >= 4 is 5.69 Å². The summed E-state index contributed by atoms with van der Waals surface area (Å²) in [6.07, 6.45) is 6.75. The minimum Gasteiger partial charge on any atom is -0.366 e. The van der Waals surface area contributed by atoms with E-state index in [-0.39, 0.29) is 0 Å². The summed E-state index contributed by atoms with van der Waals surface area (Å²) < 4.78 is 0. The van der Waals surface area contributed by atoms with Gasteiger partial charge in [-0.3, -0.25) is 0 Å². The van der Waals surface area contributed by atoms with Crippen LogP contribution in [-0.4, -0.2) is 19.1 Å². The summed E-state index contributed by atoms with van der Waals surface area (Å²) in [4.78, 5) is 2.62. The molecule has 104 valence electrons. The minimum atomic E-state index is 0.548. The number of nitrogens with zero attached hydrogens (tertiary/aromatic N) is 1. The molecule has 3 rings (SSSR count). The fraction of sp³-hybridized carbons (Fsp3) is 0.647. The van der Waals surface area contributed by atoms with E-state index in [0.29, 0.717) is 6.04 Å². The van der Waals surface area contributed by atoms with Crippen LogP contribution in [0.1, 0.15) is 38.2 Å². The Kier molecular flexibility index (Phi) is 3.79. The molecule has 1 aliphatic heterocycles. The van der Waals surface area contributed by atoms with Gasteiger partial charge in [-0.1, -0.05) is 38.0 Å². The van der Waals surface area contributed by atoms with Gasteiger partial charge in [-0.25, -0.2) is 0 Å². The first kappa shape index (κ1) is 13.0. The van der Waals surface area contributed by atoms with Crippen molar-refractivity contribution in [2.75, 3.05) is 18.0 Å². The minimum absolute atomic E-state index is 0.548. The van der Waals surface area contributed by atoms with E-state index in [1.165, 1.54) is 49.9 Å². The first-order valence-corrected chi connectivity index (χ1v) is 7.84. The Labute approximate surface area is 117 Å². The van der Waals surface area contributed by atoms with Gasteiger partial charge in [-0.15, -0.1) is 0 Å². The van der Waals surface area contributed by atoms with Crippen molar-refractivity contribution in [3.05, 3.63) is 29.8 Å². The Morgan fingerprint density at radius 3 is 2.74 bits per heavy atom. The van der Waals surface area contributed by atoms with Crippen molar-refractivity contribution in [2.45, 2.75) is 45.1 Å². The van der Waals surface area contributed by atoms with Gasteiger partial charge in [0.15, 0.2) is 0 Å². The molecule has 2 N–H and O–H groups in total. The van der Waals surface area contributed by atoms with Crippen molar-refractivity contribution < 1.29 is 0 Å². The first-order valence-electron chi connectivity index (χ1n) is 7.84. The van der Waals surface area contributed by atoms with E-state index in [1.54, 1.807) is 0 Å². The van der Waals surface area contributed by atoms with E-state index >= 15 is 0 Å². The van der Waals surface area contributed by atoms with E-state index < -0.39 is 0 Å². The Morgan fingerprint density at radius 2 is 2.00 bits per heavy atom. The second kappa shape index (κ2) is 5.54. The average molecular weight is 258 g/mol. The molecule has 2 atom stereocenters. The first-order chi connectivity index (χ1) is 9.29. The average Bonchev–Trinajstić information content (AvgIpc) is 2.93. The van der Waals surface area contributed by atoms with Crippen LogP contribution in [-0.2, 0) is 6.42 Å². The van der Waals surface area contributed by atoms with Crippen LogP contribution < -0.4 is 10.6 Å². The van der Waals surface area contributed by atoms with E-state index in [9.17, 15) is 0 Å². The van der Waals surface area contributed by atoms with Gasteiger partial charge in [0.2, 0.25) is 0 Å². The molecular formula is C17H26N2. The molecule has 19 heavy (non-hydrogen) atoms. The maximum absolute atomic E-state index is 6.14. The van der Waals surface area contributed by atoms with Gasteiger partial charge in [0.25, 0.3) is 0 Å². The summed E-state index contributed by atoms with van der Waals surface area (Å²) in [5.41, 5.74) is 9.10. The molecule has 0 bridgehead atoms. The van der Waals surface area contributed by atoms with Crippen LogP contribution in [0.3, 0.4) is 0 Å². The highest BCUT2D eigenvalue weighted by Gasteiger charge is 2.32. The smallest absolute Gasteiger partial charge is 0.0440 e. The lowest BCUT2D eigenvalue weighted by atomic mass is 9.89. The van der Waals surface area contributed by atoms with Gasteiger partial charge in [-0.05, 0) is 42.7 Å². The molecule has 0 amide bonds. The molecule has 1 fully saturated rings. The van der Waals surface area contributed by atoms with Crippen molar-refractivity contribution in [3.63, 3.8) is 0 Å². The number of anilines is 1. The fourth-order valence-corrected chi connectivity index (χ4v) is 4.07. The Morgan fingerprint density at radius 1 is 1.26 bits per heavy atom. The summed E-state index contributed by atoms with van der Waals surface area (Å²) in [7, 11) is 0. The highest BCUT2D eigenvalue weighted by atomic mass is 15.2. The van der Waals surface area contributed by atoms with Gasteiger partial charge in [0.1, 0.15) is 0 Å². The quantitative estimate of drug-likeness (QED) is 0.902. The van der Waals surface area contributed by atoms with Crippen LogP contribution in [0, 0.1) is 11.8 Å². The van der Waals surface area contributed by atoms with E-state index in [0.717, 1.165) is 18.4 Å². The third-order valence-electron chi connectivity index (χ3n) is 4.96. The van der Waals surface area contributed by atoms with Crippen LogP contribution in [0.25, 0.3) is 0 Å². The molecule has 1 aromatic carbocycles. The zero-order valence-electron chi connectivity index (χ0n) is 12.0. The largest absolute Gasteiger partial charge is 0.366 e. The number of nitrogens with two attached hydrogens (primary N) is 1. The van der Waals surface area contributed by atoms with Crippen molar-refractivity contribution in [2.24, 2.45) is 17.6 Å². The van der Waals surface area contributed by atoms with Crippen LogP contribution in [0.5, 0.6) is 0 Å². The van der Waals surface area contributed by atoms with Gasteiger partial charge < -0.3 is 10.6 Å². The lowest BCUT2D eigenvalue weighted by Crippen LogP contribution is -2.49. The maximum atomic E-state index is 6.14. The third-order valence-corrected chi connectivity index (χ3v) is 4.96. The van der Waals surface area contributed by atoms with Crippen LogP contribution in [0.15, 0.2) is 24.3 Å². The Hall–Kier alpha value is -1.02. The third kappa shape index (κ3) is 2.51. The number of hydrogen-bond acceptors (Lipinski definition) is 2. The molecule has 0 aromatic heterocycles. The fourth-order valence-electron chi connectivity index (χ4n) is 4.07. The van der Waals surface area contributed by atoms with Crippen LogP contribution in [0.4, 0.5) is 5.69 Å². The molecule has 0 saturated heterocycles.